The first kappa shape index (κ1) is 53.5. The van der Waals surface area contributed by atoms with Gasteiger partial charge in [0.1, 0.15) is 29.8 Å². The third-order valence-electron chi connectivity index (χ3n) is 11.5. The number of benzene rings is 1. The summed E-state index contributed by atoms with van der Waals surface area (Å²) in [4.78, 5) is 50.6. The Kier molecular flexibility index (Phi) is 26.6. The summed E-state index contributed by atoms with van der Waals surface area (Å²) >= 11 is 0. The zero-order valence-corrected chi connectivity index (χ0v) is 38.8. The van der Waals surface area contributed by atoms with Gasteiger partial charge in [0.2, 0.25) is 5.91 Å². The van der Waals surface area contributed by atoms with Gasteiger partial charge in [-0.1, -0.05) is 114 Å². The second kappa shape index (κ2) is 30.4. The normalized spacial score (nSPS) is 16.8. The number of carboxylic acids is 1. The maximum absolute atomic E-state index is 13.7. The van der Waals surface area contributed by atoms with Crippen molar-refractivity contribution >= 4 is 23.6 Å². The van der Waals surface area contributed by atoms with Crippen LogP contribution in [-0.2, 0) is 30.3 Å². The van der Waals surface area contributed by atoms with E-state index in [0.29, 0.717) is 30.8 Å². The molecule has 1 aromatic rings. The average molecular weight is 851 g/mol. The van der Waals surface area contributed by atoms with E-state index >= 15 is 0 Å². The number of Topliss-reactive ketones (excluding diaryl/α,β-unsaturated/α-hetero) is 1. The number of ether oxygens (including phenoxy) is 2. The zero-order chi connectivity index (χ0) is 44.9. The van der Waals surface area contributed by atoms with Gasteiger partial charge in [0.15, 0.2) is 0 Å². The number of carboxylic acid groups (broad SMARTS) is 1. The summed E-state index contributed by atoms with van der Waals surface area (Å²) in [6, 6.07) is 7.70. The van der Waals surface area contributed by atoms with Gasteiger partial charge in [-0.3, -0.25) is 14.4 Å². The molecule has 3 rings (SSSR count). The van der Waals surface area contributed by atoms with Crippen LogP contribution in [0, 0.1) is 17.8 Å². The number of unbranched alkanes of at least 4 members (excludes halogenated alkanes) is 8. The topological polar surface area (TPSA) is 151 Å². The molecule has 0 bridgehead atoms. The number of hydrogen-bond acceptors (Lipinski definition) is 8. The van der Waals surface area contributed by atoms with Gasteiger partial charge in [-0.25, -0.2) is 4.79 Å². The van der Waals surface area contributed by atoms with Crippen LogP contribution in [0.5, 0.6) is 5.75 Å². The van der Waals surface area contributed by atoms with Gasteiger partial charge in [0.25, 0.3) is 0 Å². The highest BCUT2D eigenvalue weighted by Gasteiger charge is 2.39. The third-order valence-corrected chi connectivity index (χ3v) is 11.5. The summed E-state index contributed by atoms with van der Waals surface area (Å²) in [7, 11) is 0. The molecule has 3 atom stereocenters. The molecule has 2 aliphatic rings. The molecule has 0 spiro atoms. The van der Waals surface area contributed by atoms with Crippen LogP contribution >= 0.6 is 0 Å². The van der Waals surface area contributed by atoms with E-state index in [1.165, 1.54) is 96.5 Å². The van der Waals surface area contributed by atoms with Crippen LogP contribution in [0.4, 0.5) is 0 Å². The number of esters is 1. The largest absolute Gasteiger partial charge is 0.481 e. The molecule has 0 unspecified atom stereocenters. The highest BCUT2D eigenvalue weighted by molar-refractivity contribution is 5.88. The summed E-state index contributed by atoms with van der Waals surface area (Å²) < 4.78 is 11.2. The maximum atomic E-state index is 13.7. The SMILES string of the molecule is C1CCC(NC2CCCCC2)CC1.CC#CCOc1ccc(C[C@H](NC(=O)[C@@H](/C=C/CCCCCCC(=O)CCCCCCC)[C@@](C)(O)CC(=O)O)C(=O)OC(C)(C)C)cc1. The number of nitrogens with one attached hydrogen (secondary N) is 2. The minimum Gasteiger partial charge on any atom is -0.481 e. The van der Waals surface area contributed by atoms with Crippen LogP contribution in [0.3, 0.4) is 0 Å². The molecular weight excluding hydrogens is 769 g/mol. The Morgan fingerprint density at radius 1 is 0.820 bits per heavy atom. The fraction of sp³-hybridized carbons (Fsp3) is 0.725. The first-order valence-electron chi connectivity index (χ1n) is 23.7. The molecule has 0 radical (unpaired) electrons. The lowest BCUT2D eigenvalue weighted by Crippen LogP contribution is -2.52. The van der Waals surface area contributed by atoms with Crippen molar-refractivity contribution in [3.05, 3.63) is 42.0 Å². The van der Waals surface area contributed by atoms with Crippen molar-refractivity contribution in [3.8, 4) is 17.6 Å². The number of rotatable bonds is 26. The molecule has 0 aliphatic heterocycles. The second-order valence-electron chi connectivity index (χ2n) is 18.5. The fourth-order valence-electron chi connectivity index (χ4n) is 8.06. The standard InChI is InChI=1S/C39H59NO8.C12H23N/c1-7-9-11-14-17-20-31(41)21-18-15-12-13-16-19-22-33(39(6,46)29-35(42)43)36(44)40-34(37(45)48-38(3,4)5)28-30-23-25-32(26-24-30)47-27-10-8-2;1-3-7-11(8-4-1)13-12-9-5-2-6-10-12/h19,22-26,33-34,46H,7,9,11-18,20-21,27-29H2,1-6H3,(H,40,44)(H,42,43);11-13H,1-10H2/b22-19+;/t33-,34+,39+;/m1./s1. The van der Waals surface area contributed by atoms with E-state index in [9.17, 15) is 29.4 Å². The summed E-state index contributed by atoms with van der Waals surface area (Å²) in [6.45, 7) is 10.6. The van der Waals surface area contributed by atoms with Gasteiger partial charge in [-0.2, -0.15) is 0 Å². The molecule has 2 fully saturated rings. The highest BCUT2D eigenvalue weighted by atomic mass is 16.6. The van der Waals surface area contributed by atoms with Gasteiger partial charge in [0.05, 0.1) is 17.9 Å². The minimum absolute atomic E-state index is 0.106. The molecule has 0 heterocycles. The van der Waals surface area contributed by atoms with Crippen molar-refractivity contribution in [1.29, 1.82) is 0 Å². The van der Waals surface area contributed by atoms with Crippen LogP contribution < -0.4 is 15.4 Å². The molecule has 4 N–H and O–H groups in total. The Hall–Kier alpha value is -3.68. The molecule has 10 nitrogen and oxygen atoms in total. The Morgan fingerprint density at radius 2 is 1.38 bits per heavy atom. The van der Waals surface area contributed by atoms with Crippen molar-refractivity contribution in [2.45, 2.75) is 225 Å². The molecule has 61 heavy (non-hydrogen) atoms. The first-order chi connectivity index (χ1) is 29.1. The number of ketones is 1. The molecule has 2 aliphatic carbocycles. The summed E-state index contributed by atoms with van der Waals surface area (Å²) in [5.74, 6) is 2.71. The van der Waals surface area contributed by atoms with Crippen LogP contribution in [0.15, 0.2) is 36.4 Å². The molecule has 0 aromatic heterocycles. The van der Waals surface area contributed by atoms with Crippen LogP contribution in [-0.4, -0.2) is 69.8 Å². The zero-order valence-electron chi connectivity index (χ0n) is 38.8. The van der Waals surface area contributed by atoms with Crippen molar-refractivity contribution in [1.82, 2.24) is 10.6 Å². The number of aliphatic hydroxyl groups is 1. The Bertz CT molecular complexity index is 1470. The second-order valence-corrected chi connectivity index (χ2v) is 18.5. The van der Waals surface area contributed by atoms with Crippen molar-refractivity contribution in [2.75, 3.05) is 6.61 Å². The monoisotopic (exact) mass is 851 g/mol. The lowest BCUT2D eigenvalue weighted by molar-refractivity contribution is -0.160. The minimum atomic E-state index is -1.91. The van der Waals surface area contributed by atoms with Gasteiger partial charge in [-0.15, -0.1) is 5.92 Å². The summed E-state index contributed by atoms with van der Waals surface area (Å²) in [5.41, 5.74) is -1.99. The Balaban J connectivity index is 0.000000823. The van der Waals surface area contributed by atoms with Gasteiger partial charge < -0.3 is 30.3 Å². The highest BCUT2D eigenvalue weighted by Crippen LogP contribution is 2.26. The Labute approximate surface area is 369 Å². The molecule has 1 amide bonds. The van der Waals surface area contributed by atoms with Crippen LogP contribution in [0.2, 0.25) is 0 Å². The van der Waals surface area contributed by atoms with E-state index in [4.69, 9.17) is 9.47 Å². The van der Waals surface area contributed by atoms with Gasteiger partial charge >= 0.3 is 11.9 Å². The number of carbonyl (C=O) groups excluding carboxylic acids is 3. The van der Waals surface area contributed by atoms with Crippen molar-refractivity contribution < 1.29 is 38.9 Å². The fourth-order valence-corrected chi connectivity index (χ4v) is 8.06. The predicted octanol–water partition coefficient (Wildman–Crippen LogP) is 10.4. The van der Waals surface area contributed by atoms with E-state index in [0.717, 1.165) is 56.2 Å². The van der Waals surface area contributed by atoms with E-state index in [-0.39, 0.29) is 13.0 Å². The molecule has 10 heteroatoms. The molecular formula is C51H82N2O8. The van der Waals surface area contributed by atoms with Crippen molar-refractivity contribution in [3.63, 3.8) is 0 Å². The number of carbonyl (C=O) groups is 4. The predicted molar refractivity (Wildman–Crippen MR) is 245 cm³/mol. The maximum Gasteiger partial charge on any atom is 0.329 e. The van der Waals surface area contributed by atoms with E-state index in [1.54, 1.807) is 58.0 Å². The molecule has 0 saturated heterocycles. The van der Waals surface area contributed by atoms with Crippen molar-refractivity contribution in [2.24, 2.45) is 5.92 Å². The van der Waals surface area contributed by atoms with Gasteiger partial charge in [-0.05, 0) is 104 Å². The lowest BCUT2D eigenvalue weighted by atomic mass is 9.84. The molecule has 2 saturated carbocycles. The number of amides is 1. The van der Waals surface area contributed by atoms with Gasteiger partial charge in [0, 0.05) is 31.3 Å². The number of hydrogen-bond donors (Lipinski definition) is 4. The third kappa shape index (κ3) is 25.1. The average Bonchev–Trinajstić information content (AvgIpc) is 3.20. The summed E-state index contributed by atoms with van der Waals surface area (Å²) in [5, 5.41) is 27.2. The van der Waals surface area contributed by atoms with E-state index < -0.39 is 47.4 Å². The Morgan fingerprint density at radius 3 is 1.90 bits per heavy atom. The lowest BCUT2D eigenvalue weighted by Gasteiger charge is -2.31. The smallest absolute Gasteiger partial charge is 0.329 e. The number of aliphatic carboxylic acids is 1. The number of allylic oxidation sites excluding steroid dienone is 1. The van der Waals surface area contributed by atoms with E-state index in [2.05, 4.69) is 29.4 Å². The van der Waals surface area contributed by atoms with Crippen LogP contribution in [0.1, 0.15) is 195 Å². The summed E-state index contributed by atoms with van der Waals surface area (Å²) in [6.07, 6.45) is 28.4. The first-order valence-corrected chi connectivity index (χ1v) is 23.7. The quantitative estimate of drug-likeness (QED) is 0.0309. The molecule has 344 valence electrons. The molecule has 1 aromatic carbocycles. The van der Waals surface area contributed by atoms with Crippen LogP contribution in [0.25, 0.3) is 0 Å². The van der Waals surface area contributed by atoms with E-state index in [1.807, 2.05) is 0 Å².